The van der Waals surface area contributed by atoms with Gasteiger partial charge in [-0.15, -0.1) is 11.6 Å². The minimum absolute atomic E-state index is 0.292. The molecule has 0 aromatic heterocycles. The Labute approximate surface area is 135 Å². The van der Waals surface area contributed by atoms with Crippen molar-refractivity contribution in [3.8, 4) is 5.75 Å². The lowest BCUT2D eigenvalue weighted by molar-refractivity contribution is -0.146. The van der Waals surface area contributed by atoms with E-state index in [1.165, 1.54) is 0 Å². The van der Waals surface area contributed by atoms with E-state index in [0.29, 0.717) is 38.6 Å². The Morgan fingerprint density at radius 3 is 2.55 bits per heavy atom. The van der Waals surface area contributed by atoms with Crippen molar-refractivity contribution in [3.05, 3.63) is 24.3 Å². The van der Waals surface area contributed by atoms with Crippen LogP contribution in [0.4, 0.5) is 5.69 Å². The maximum Gasteiger partial charge on any atom is 0.312 e. The molecule has 0 atom stereocenters. The van der Waals surface area contributed by atoms with Gasteiger partial charge in [-0.05, 0) is 12.1 Å². The van der Waals surface area contributed by atoms with Crippen molar-refractivity contribution in [1.29, 1.82) is 0 Å². The molecule has 0 radical (unpaired) electrons. The van der Waals surface area contributed by atoms with Crippen molar-refractivity contribution in [2.75, 3.05) is 50.6 Å². The van der Waals surface area contributed by atoms with Gasteiger partial charge in [-0.2, -0.15) is 0 Å². The number of anilines is 1. The van der Waals surface area contributed by atoms with Gasteiger partial charge in [-0.3, -0.25) is 9.59 Å². The molecule has 0 spiro atoms. The summed E-state index contributed by atoms with van der Waals surface area (Å²) < 4.78 is 5.36. The number of halogens is 1. The van der Waals surface area contributed by atoms with Crippen LogP contribution in [-0.2, 0) is 9.59 Å². The van der Waals surface area contributed by atoms with E-state index in [1.54, 1.807) is 12.0 Å². The number of methoxy groups -OCH3 is 1. The average molecular weight is 326 g/mol. The van der Waals surface area contributed by atoms with Gasteiger partial charge in [0.15, 0.2) is 0 Å². The van der Waals surface area contributed by atoms with Crippen molar-refractivity contribution in [2.24, 2.45) is 0 Å². The molecular weight excluding hydrogens is 306 g/mol. The summed E-state index contributed by atoms with van der Waals surface area (Å²) in [6.07, 6.45) is 0. The van der Waals surface area contributed by atoms with Crippen LogP contribution in [0.5, 0.6) is 5.75 Å². The number of alkyl halides is 1. The van der Waals surface area contributed by atoms with Crippen LogP contribution in [0.15, 0.2) is 24.3 Å². The monoisotopic (exact) mass is 325 g/mol. The summed E-state index contributed by atoms with van der Waals surface area (Å²) >= 11 is 5.49. The van der Waals surface area contributed by atoms with Crippen LogP contribution in [0, 0.1) is 0 Å². The van der Waals surface area contributed by atoms with E-state index in [1.807, 2.05) is 24.3 Å². The lowest BCUT2D eigenvalue weighted by Crippen LogP contribution is -2.52. The molecule has 1 aliphatic heterocycles. The first-order valence-corrected chi connectivity index (χ1v) is 7.72. The molecule has 1 N–H and O–H groups in total. The molecule has 0 aliphatic carbocycles. The van der Waals surface area contributed by atoms with Gasteiger partial charge < -0.3 is 19.9 Å². The van der Waals surface area contributed by atoms with Crippen LogP contribution in [0.3, 0.4) is 0 Å². The van der Waals surface area contributed by atoms with Crippen molar-refractivity contribution >= 4 is 29.1 Å². The Hall–Kier alpha value is -1.95. The Morgan fingerprint density at radius 1 is 1.23 bits per heavy atom. The first-order chi connectivity index (χ1) is 10.7. The molecule has 0 bridgehead atoms. The predicted molar refractivity (Wildman–Crippen MR) is 85.5 cm³/mol. The molecule has 0 saturated carbocycles. The van der Waals surface area contributed by atoms with Crippen LogP contribution in [0.1, 0.15) is 0 Å². The van der Waals surface area contributed by atoms with E-state index in [0.717, 1.165) is 11.4 Å². The number of carbonyl (C=O) groups is 2. The number of nitrogens with one attached hydrogen (secondary N) is 1. The highest BCUT2D eigenvalue weighted by molar-refractivity contribution is 6.35. The van der Waals surface area contributed by atoms with Gasteiger partial charge in [0.25, 0.3) is 0 Å². The summed E-state index contributed by atoms with van der Waals surface area (Å²) in [5.41, 5.74) is 1.00. The summed E-state index contributed by atoms with van der Waals surface area (Å²) in [7, 11) is 1.64. The third-order valence-electron chi connectivity index (χ3n) is 3.57. The summed E-state index contributed by atoms with van der Waals surface area (Å²) in [5, 5.41) is 2.49. The lowest BCUT2D eigenvalue weighted by Gasteiger charge is -2.36. The second-order valence-corrected chi connectivity index (χ2v) is 5.27. The summed E-state index contributed by atoms with van der Waals surface area (Å²) in [5.74, 6) is 0.0129. The Balaban J connectivity index is 1.93. The van der Waals surface area contributed by atoms with E-state index in [9.17, 15) is 9.59 Å². The molecule has 1 heterocycles. The zero-order chi connectivity index (χ0) is 15.9. The molecule has 7 heteroatoms. The lowest BCUT2D eigenvalue weighted by atomic mass is 10.2. The number of rotatable bonds is 4. The maximum atomic E-state index is 12.0. The highest BCUT2D eigenvalue weighted by atomic mass is 35.5. The maximum absolute atomic E-state index is 12.0. The van der Waals surface area contributed by atoms with Crippen molar-refractivity contribution < 1.29 is 14.3 Å². The number of carbonyl (C=O) groups excluding carboxylic acids is 2. The smallest absolute Gasteiger partial charge is 0.312 e. The second kappa shape index (κ2) is 7.89. The van der Waals surface area contributed by atoms with E-state index >= 15 is 0 Å². The third kappa shape index (κ3) is 3.82. The predicted octanol–water partition coefficient (Wildman–Crippen LogP) is 0.699. The van der Waals surface area contributed by atoms with Crippen LogP contribution in [-0.4, -0.2) is 62.4 Å². The number of nitrogens with zero attached hydrogens (tertiary/aromatic N) is 2. The molecule has 22 heavy (non-hydrogen) atoms. The van der Waals surface area contributed by atoms with Crippen LogP contribution >= 0.6 is 11.6 Å². The number of hydrogen-bond donors (Lipinski definition) is 1. The van der Waals surface area contributed by atoms with Gasteiger partial charge in [0.05, 0.1) is 12.8 Å². The first-order valence-electron chi connectivity index (χ1n) is 7.18. The fourth-order valence-electron chi connectivity index (χ4n) is 2.42. The number of benzene rings is 1. The quantitative estimate of drug-likeness (QED) is 0.654. The Kier molecular flexibility index (Phi) is 5.89. The minimum Gasteiger partial charge on any atom is -0.495 e. The normalized spacial score (nSPS) is 14.6. The fourth-order valence-corrected chi connectivity index (χ4v) is 2.52. The zero-order valence-electron chi connectivity index (χ0n) is 12.5. The first kappa shape index (κ1) is 16.4. The molecule has 120 valence electrons. The molecule has 1 fully saturated rings. The van der Waals surface area contributed by atoms with E-state index < -0.39 is 11.8 Å². The number of ether oxygens (including phenoxy) is 1. The van der Waals surface area contributed by atoms with E-state index in [-0.39, 0.29) is 0 Å². The average Bonchev–Trinajstić information content (AvgIpc) is 2.59. The molecule has 1 aromatic rings. The van der Waals surface area contributed by atoms with Gasteiger partial charge >= 0.3 is 11.8 Å². The van der Waals surface area contributed by atoms with Gasteiger partial charge in [0, 0.05) is 38.6 Å². The molecule has 0 unspecified atom stereocenters. The van der Waals surface area contributed by atoms with Gasteiger partial charge in [0.1, 0.15) is 5.75 Å². The number of amides is 2. The fraction of sp³-hybridized carbons (Fsp3) is 0.467. The van der Waals surface area contributed by atoms with E-state index in [4.69, 9.17) is 16.3 Å². The molecule has 1 aliphatic rings. The third-order valence-corrected chi connectivity index (χ3v) is 3.76. The minimum atomic E-state index is -0.591. The largest absolute Gasteiger partial charge is 0.495 e. The number of piperazine rings is 1. The zero-order valence-corrected chi connectivity index (χ0v) is 13.3. The van der Waals surface area contributed by atoms with Crippen LogP contribution in [0.2, 0.25) is 0 Å². The van der Waals surface area contributed by atoms with Crippen LogP contribution in [0.25, 0.3) is 0 Å². The van der Waals surface area contributed by atoms with E-state index in [2.05, 4.69) is 10.2 Å². The standard InChI is InChI=1S/C15H20ClN3O3/c1-22-13-5-3-2-4-12(13)18-8-10-19(11-9-18)15(21)14(20)17-7-6-16/h2-5H,6-11H2,1H3,(H,17,20). The highest BCUT2D eigenvalue weighted by Gasteiger charge is 2.26. The Bertz CT molecular complexity index is 531. The van der Waals surface area contributed by atoms with Gasteiger partial charge in [0.2, 0.25) is 0 Å². The van der Waals surface area contributed by atoms with Gasteiger partial charge in [-0.25, -0.2) is 0 Å². The molecule has 2 rings (SSSR count). The van der Waals surface area contributed by atoms with Crippen molar-refractivity contribution in [2.45, 2.75) is 0 Å². The molecule has 2 amide bonds. The van der Waals surface area contributed by atoms with Crippen molar-refractivity contribution in [1.82, 2.24) is 10.2 Å². The second-order valence-electron chi connectivity index (χ2n) is 4.90. The van der Waals surface area contributed by atoms with Crippen LogP contribution < -0.4 is 15.0 Å². The summed E-state index contributed by atoms with van der Waals surface area (Å²) in [4.78, 5) is 27.4. The summed E-state index contributed by atoms with van der Waals surface area (Å²) in [6.45, 7) is 2.63. The number of para-hydroxylation sites is 2. The van der Waals surface area contributed by atoms with Gasteiger partial charge in [-0.1, -0.05) is 12.1 Å². The van der Waals surface area contributed by atoms with Crippen molar-refractivity contribution in [3.63, 3.8) is 0 Å². The topological polar surface area (TPSA) is 61.9 Å². The molecule has 1 aromatic carbocycles. The SMILES string of the molecule is COc1ccccc1N1CCN(C(=O)C(=O)NCCCl)CC1. The Morgan fingerprint density at radius 2 is 1.91 bits per heavy atom. The molecule has 6 nitrogen and oxygen atoms in total. The number of hydrogen-bond acceptors (Lipinski definition) is 4. The molecular formula is C15H20ClN3O3. The summed E-state index contributed by atoms with van der Waals surface area (Å²) in [6, 6.07) is 7.77. The highest BCUT2D eigenvalue weighted by Crippen LogP contribution is 2.28. The molecule has 1 saturated heterocycles.